The largest absolute Gasteiger partial charge is 0.351 e. The lowest BCUT2D eigenvalue weighted by Crippen LogP contribution is -2.22. The number of nitrogens with two attached hydrogens (primary N) is 2. The van der Waals surface area contributed by atoms with Crippen molar-refractivity contribution in [1.29, 1.82) is 0 Å². The molecule has 3 aliphatic rings. The molecule has 0 bridgehead atoms. The van der Waals surface area contributed by atoms with E-state index in [1.54, 1.807) is 0 Å². The van der Waals surface area contributed by atoms with E-state index in [-0.39, 0.29) is 5.41 Å². The van der Waals surface area contributed by atoms with E-state index in [9.17, 15) is 9.00 Å². The second kappa shape index (κ2) is 8.99. The number of para-hydroxylation sites is 1. The van der Waals surface area contributed by atoms with Crippen molar-refractivity contribution in [2.75, 3.05) is 16.9 Å². The molecule has 0 fully saturated rings. The van der Waals surface area contributed by atoms with Crippen LogP contribution in [0, 0.1) is 0 Å². The van der Waals surface area contributed by atoms with Gasteiger partial charge in [-0.3, -0.25) is 9.99 Å². The maximum Gasteiger partial charge on any atom is 0.316 e. The summed E-state index contributed by atoms with van der Waals surface area (Å²) in [6.07, 6.45) is 5.90. The number of hydrogen-bond acceptors (Lipinski definition) is 5. The number of fused-ring (bicyclic) bond motifs is 2. The summed E-state index contributed by atoms with van der Waals surface area (Å²) in [6, 6.07) is 9.30. The maximum atomic E-state index is 11.2. The smallest absolute Gasteiger partial charge is 0.316 e. The van der Waals surface area contributed by atoms with Gasteiger partial charge in [0.05, 0.1) is 17.1 Å². The van der Waals surface area contributed by atoms with Crippen molar-refractivity contribution in [2.45, 2.75) is 57.8 Å². The number of nitrogens with one attached hydrogen (secondary N) is 1. The number of hydrogen-bond donors (Lipinski definition) is 3. The van der Waals surface area contributed by atoms with Gasteiger partial charge in [0.1, 0.15) is 16.0 Å². The summed E-state index contributed by atoms with van der Waals surface area (Å²) in [5.41, 5.74) is 12.1. The van der Waals surface area contributed by atoms with Crippen LogP contribution < -0.4 is 21.2 Å². The second-order valence-corrected chi connectivity index (χ2v) is 10.0. The number of pyridine rings is 1. The predicted molar refractivity (Wildman–Crippen MR) is 129 cm³/mol. The number of carbonyl (C=O) groups is 1. The molecule has 1 unspecified atom stereocenters. The number of rotatable bonds is 2. The Morgan fingerprint density at radius 1 is 1.12 bits per heavy atom. The van der Waals surface area contributed by atoms with Gasteiger partial charge in [0.15, 0.2) is 0 Å². The number of carbonyl (C=O) groups excluding carboxylic acids is 1. The first kappa shape index (κ1) is 22.4. The van der Waals surface area contributed by atoms with Crippen LogP contribution in [0.1, 0.15) is 55.6 Å². The molecule has 1 aliphatic heterocycles. The molecule has 2 aromatic rings. The van der Waals surface area contributed by atoms with E-state index in [4.69, 9.17) is 15.9 Å². The van der Waals surface area contributed by atoms with Crippen molar-refractivity contribution in [3.05, 3.63) is 52.8 Å². The Kier molecular flexibility index (Phi) is 6.30. The quantitative estimate of drug-likeness (QED) is 0.644. The Morgan fingerprint density at radius 3 is 2.53 bits per heavy atom. The fourth-order valence-corrected chi connectivity index (χ4v) is 5.09. The summed E-state index contributed by atoms with van der Waals surface area (Å²) in [7, 11) is -1.43. The number of amides is 2. The molecule has 1 aromatic carbocycles. The van der Waals surface area contributed by atoms with E-state index in [0.29, 0.717) is 11.5 Å². The highest BCUT2D eigenvalue weighted by atomic mass is 32.2. The zero-order valence-electron chi connectivity index (χ0n) is 18.6. The Morgan fingerprint density at radius 2 is 1.88 bits per heavy atom. The van der Waals surface area contributed by atoms with E-state index in [1.165, 1.54) is 11.1 Å². The van der Waals surface area contributed by atoms with Gasteiger partial charge in [0.2, 0.25) is 0 Å². The Bertz CT molecular complexity index is 1080. The fraction of sp³-hybridized carbons (Fsp3) is 0.435. The summed E-state index contributed by atoms with van der Waals surface area (Å²) in [4.78, 5) is 16.1. The van der Waals surface area contributed by atoms with Crippen molar-refractivity contribution in [1.82, 2.24) is 4.98 Å². The molecule has 2 heterocycles. The topological polar surface area (TPSA) is 127 Å². The van der Waals surface area contributed by atoms with Gasteiger partial charge in [-0.1, -0.05) is 32.0 Å². The number of nitrogens with zero attached hydrogens (tertiary/aromatic N) is 3. The predicted octanol–water partition coefficient (Wildman–Crippen LogP) is 3.12. The van der Waals surface area contributed by atoms with E-state index in [1.807, 2.05) is 35.3 Å². The lowest BCUT2D eigenvalue weighted by Gasteiger charge is -2.20. The fourth-order valence-electron chi connectivity index (χ4n) is 4.62. The van der Waals surface area contributed by atoms with Crippen LogP contribution in [-0.4, -0.2) is 26.8 Å². The van der Waals surface area contributed by atoms with Gasteiger partial charge in [0.25, 0.3) is 0 Å². The molecule has 0 saturated heterocycles. The summed E-state index contributed by atoms with van der Waals surface area (Å²) < 4.78 is 11.0. The van der Waals surface area contributed by atoms with Crippen LogP contribution in [0.5, 0.6) is 0 Å². The lowest BCUT2D eigenvalue weighted by atomic mass is 9.90. The average Bonchev–Trinajstić information content (AvgIpc) is 3.48. The zero-order chi connectivity index (χ0) is 22.9. The second-order valence-electron chi connectivity index (χ2n) is 8.97. The van der Waals surface area contributed by atoms with E-state index in [0.717, 1.165) is 61.4 Å². The Balaban J connectivity index is 0.000000158. The molecule has 0 spiro atoms. The first-order valence-corrected chi connectivity index (χ1v) is 12.2. The van der Waals surface area contributed by atoms with Crippen molar-refractivity contribution in [2.24, 2.45) is 16.0 Å². The summed E-state index contributed by atoms with van der Waals surface area (Å²) >= 11 is 0. The Labute approximate surface area is 191 Å². The standard InChI is InChI=1S/C14H19N3O.C9H11N3OS/c1-14(2)7-6-9-11(17-13(15)18)8-4-3-5-10(8)16-12(9)14;10-14(13)9-6-7-12(11-9)8-4-2-1-3-5-8/h3-7H2,1-2H3,(H3,15,16,17,18);1-5H,6-7,10H2. The minimum Gasteiger partial charge on any atom is -0.351 e. The number of primary amides is 1. The first-order chi connectivity index (χ1) is 15.3. The number of benzene rings is 1. The van der Waals surface area contributed by atoms with Crippen LogP contribution in [0.4, 0.5) is 16.2 Å². The molecule has 1 aromatic heterocycles. The maximum absolute atomic E-state index is 11.2. The molecule has 0 saturated carbocycles. The Hall–Kier alpha value is -2.78. The van der Waals surface area contributed by atoms with Crippen LogP contribution in [0.3, 0.4) is 0 Å². The summed E-state index contributed by atoms with van der Waals surface area (Å²) in [6.45, 7) is 5.20. The minimum atomic E-state index is -1.43. The lowest BCUT2D eigenvalue weighted by molar-refractivity contribution is 0.259. The number of urea groups is 1. The highest BCUT2D eigenvalue weighted by molar-refractivity contribution is 7.98. The normalized spacial score (nSPS) is 18.8. The van der Waals surface area contributed by atoms with Gasteiger partial charge in [-0.05, 0) is 55.4 Å². The average molecular weight is 455 g/mol. The molecule has 32 heavy (non-hydrogen) atoms. The molecular weight excluding hydrogens is 424 g/mol. The molecule has 2 amide bonds. The third-order valence-corrected chi connectivity index (χ3v) is 7.02. The van der Waals surface area contributed by atoms with Gasteiger partial charge in [0, 0.05) is 24.1 Å². The van der Waals surface area contributed by atoms with Gasteiger partial charge in [-0.15, -0.1) is 0 Å². The highest BCUT2D eigenvalue weighted by Crippen LogP contribution is 2.44. The first-order valence-electron chi connectivity index (χ1n) is 10.9. The van der Waals surface area contributed by atoms with Crippen molar-refractivity contribution >= 4 is 33.4 Å². The van der Waals surface area contributed by atoms with Gasteiger partial charge >= 0.3 is 6.03 Å². The van der Waals surface area contributed by atoms with Gasteiger partial charge in [-0.25, -0.2) is 14.1 Å². The van der Waals surface area contributed by atoms with Crippen molar-refractivity contribution in [3.63, 3.8) is 0 Å². The van der Waals surface area contributed by atoms with Crippen molar-refractivity contribution < 1.29 is 9.00 Å². The summed E-state index contributed by atoms with van der Waals surface area (Å²) in [5, 5.41) is 14.7. The number of hydrazone groups is 1. The molecule has 5 N–H and O–H groups in total. The third kappa shape index (κ3) is 4.54. The zero-order valence-corrected chi connectivity index (χ0v) is 19.4. The molecule has 5 rings (SSSR count). The van der Waals surface area contributed by atoms with Gasteiger partial charge in [-0.2, -0.15) is 5.10 Å². The molecule has 170 valence electrons. The van der Waals surface area contributed by atoms with Crippen LogP contribution in [-0.2, 0) is 35.7 Å². The number of aromatic nitrogens is 1. The number of aryl methyl sites for hydroxylation is 1. The molecular formula is C23H30N6O2S. The van der Waals surface area contributed by atoms with Crippen LogP contribution in [0.2, 0.25) is 0 Å². The van der Waals surface area contributed by atoms with Crippen molar-refractivity contribution in [3.8, 4) is 0 Å². The summed E-state index contributed by atoms with van der Waals surface area (Å²) in [5.74, 6) is 0. The van der Waals surface area contributed by atoms with Gasteiger partial charge < -0.3 is 11.1 Å². The van der Waals surface area contributed by atoms with E-state index in [2.05, 4.69) is 24.3 Å². The SMILES string of the molecule is CC1(C)CCc2c1nc1c(c2NC(N)=O)CCC1.NS(=O)C1=NN(c2ccccc2)CC1. The molecule has 1 atom stereocenters. The monoisotopic (exact) mass is 454 g/mol. The third-order valence-electron chi connectivity index (χ3n) is 6.27. The van der Waals surface area contributed by atoms with E-state index >= 15 is 0 Å². The highest BCUT2D eigenvalue weighted by Gasteiger charge is 2.36. The number of anilines is 2. The van der Waals surface area contributed by atoms with Crippen LogP contribution in [0.25, 0.3) is 0 Å². The minimum absolute atomic E-state index is 0.112. The molecule has 8 nitrogen and oxygen atoms in total. The van der Waals surface area contributed by atoms with Crippen LogP contribution >= 0.6 is 0 Å². The molecule has 0 radical (unpaired) electrons. The molecule has 2 aliphatic carbocycles. The van der Waals surface area contributed by atoms with Crippen LogP contribution in [0.15, 0.2) is 35.4 Å². The molecule has 9 heteroatoms. The van der Waals surface area contributed by atoms with E-state index < -0.39 is 17.0 Å².